The summed E-state index contributed by atoms with van der Waals surface area (Å²) in [5.41, 5.74) is 1.63. The van der Waals surface area contributed by atoms with Gasteiger partial charge in [0.05, 0.1) is 11.3 Å². The standard InChI is InChI=1S/C11H17N3O3S/c1-6-9(7(2)14-13-6)10(15)12-8(11(16)17)4-5-18-3/h8H,4-5H2,1-3H3,(H,12,15)(H,13,14)(H,16,17)/t8-/m0/s1. The molecular weight excluding hydrogens is 254 g/mol. The molecule has 1 aromatic rings. The maximum absolute atomic E-state index is 12.0. The molecule has 1 aromatic heterocycles. The van der Waals surface area contributed by atoms with Gasteiger partial charge in [-0.15, -0.1) is 0 Å². The lowest BCUT2D eigenvalue weighted by Gasteiger charge is -2.13. The third-order valence-corrected chi connectivity index (χ3v) is 3.21. The van der Waals surface area contributed by atoms with E-state index in [1.54, 1.807) is 25.6 Å². The number of nitrogens with one attached hydrogen (secondary N) is 2. The quantitative estimate of drug-likeness (QED) is 0.716. The lowest BCUT2D eigenvalue weighted by molar-refractivity contribution is -0.139. The molecule has 0 saturated carbocycles. The van der Waals surface area contributed by atoms with E-state index in [1.807, 2.05) is 6.26 Å². The van der Waals surface area contributed by atoms with Crippen molar-refractivity contribution in [1.29, 1.82) is 0 Å². The molecule has 0 aliphatic heterocycles. The molecule has 1 atom stereocenters. The summed E-state index contributed by atoms with van der Waals surface area (Å²) in [6.07, 6.45) is 2.29. The fourth-order valence-electron chi connectivity index (χ4n) is 1.61. The third-order valence-electron chi connectivity index (χ3n) is 2.57. The number of H-pyrrole nitrogens is 1. The normalized spacial score (nSPS) is 12.2. The molecule has 0 unspecified atom stereocenters. The van der Waals surface area contributed by atoms with Crippen molar-refractivity contribution in [3.8, 4) is 0 Å². The number of aliphatic carboxylic acids is 1. The number of rotatable bonds is 6. The number of aryl methyl sites for hydroxylation is 2. The smallest absolute Gasteiger partial charge is 0.326 e. The number of thioether (sulfide) groups is 1. The average molecular weight is 271 g/mol. The highest BCUT2D eigenvalue weighted by Gasteiger charge is 2.23. The minimum atomic E-state index is -1.02. The van der Waals surface area contributed by atoms with Gasteiger partial charge in [0.2, 0.25) is 0 Å². The van der Waals surface area contributed by atoms with E-state index in [4.69, 9.17) is 5.11 Å². The van der Waals surface area contributed by atoms with Gasteiger partial charge in [-0.3, -0.25) is 9.89 Å². The summed E-state index contributed by atoms with van der Waals surface area (Å²) in [5.74, 6) is -0.732. The molecule has 0 saturated heterocycles. The van der Waals surface area contributed by atoms with Crippen molar-refractivity contribution in [2.24, 2.45) is 0 Å². The number of aromatic nitrogens is 2. The number of hydrogen-bond donors (Lipinski definition) is 3. The second-order valence-corrected chi connectivity index (χ2v) is 4.94. The maximum Gasteiger partial charge on any atom is 0.326 e. The van der Waals surface area contributed by atoms with Crippen LogP contribution in [0.1, 0.15) is 28.2 Å². The molecule has 0 fully saturated rings. The van der Waals surface area contributed by atoms with Crippen LogP contribution in [0, 0.1) is 13.8 Å². The summed E-state index contributed by atoms with van der Waals surface area (Å²) in [5, 5.41) is 18.2. The monoisotopic (exact) mass is 271 g/mol. The maximum atomic E-state index is 12.0. The molecule has 1 rings (SSSR count). The number of carbonyl (C=O) groups excluding carboxylic acids is 1. The molecule has 7 heteroatoms. The highest BCUT2D eigenvalue weighted by atomic mass is 32.2. The Balaban J connectivity index is 2.75. The van der Waals surface area contributed by atoms with Gasteiger partial charge in [-0.2, -0.15) is 16.9 Å². The van der Waals surface area contributed by atoms with Gasteiger partial charge in [-0.25, -0.2) is 4.79 Å². The minimum absolute atomic E-state index is 0.396. The molecule has 0 spiro atoms. The Morgan fingerprint density at radius 1 is 1.50 bits per heavy atom. The zero-order valence-electron chi connectivity index (χ0n) is 10.6. The highest BCUT2D eigenvalue weighted by molar-refractivity contribution is 7.98. The van der Waals surface area contributed by atoms with E-state index in [0.717, 1.165) is 0 Å². The first-order chi connectivity index (χ1) is 8.47. The number of amides is 1. The Morgan fingerprint density at radius 3 is 2.61 bits per heavy atom. The predicted octanol–water partition coefficient (Wildman–Crippen LogP) is 0.963. The summed E-state index contributed by atoms with van der Waals surface area (Å²) < 4.78 is 0. The fourth-order valence-corrected chi connectivity index (χ4v) is 2.08. The van der Waals surface area contributed by atoms with Crippen LogP contribution in [0.3, 0.4) is 0 Å². The first kappa shape index (κ1) is 14.6. The minimum Gasteiger partial charge on any atom is -0.480 e. The molecule has 0 bridgehead atoms. The van der Waals surface area contributed by atoms with Crippen molar-refractivity contribution >= 4 is 23.6 Å². The van der Waals surface area contributed by atoms with Crippen molar-refractivity contribution in [1.82, 2.24) is 15.5 Å². The average Bonchev–Trinajstić information content (AvgIpc) is 2.63. The van der Waals surface area contributed by atoms with E-state index >= 15 is 0 Å². The van der Waals surface area contributed by atoms with E-state index in [-0.39, 0.29) is 0 Å². The SMILES string of the molecule is CSCC[C@H](NC(=O)c1c(C)n[nH]c1C)C(=O)O. The van der Waals surface area contributed by atoms with Crippen molar-refractivity contribution in [3.63, 3.8) is 0 Å². The van der Waals surface area contributed by atoms with E-state index in [2.05, 4.69) is 15.5 Å². The van der Waals surface area contributed by atoms with Crippen LogP contribution >= 0.6 is 11.8 Å². The van der Waals surface area contributed by atoms with Crippen LogP contribution in [0.2, 0.25) is 0 Å². The Labute approximate surface area is 110 Å². The van der Waals surface area contributed by atoms with Crippen LogP contribution in [0.25, 0.3) is 0 Å². The lowest BCUT2D eigenvalue weighted by atomic mass is 10.1. The van der Waals surface area contributed by atoms with Gasteiger partial charge in [0.1, 0.15) is 6.04 Å². The molecule has 0 aliphatic carbocycles. The number of aromatic amines is 1. The molecule has 0 aromatic carbocycles. The van der Waals surface area contributed by atoms with Gasteiger partial charge in [0, 0.05) is 5.69 Å². The lowest BCUT2D eigenvalue weighted by Crippen LogP contribution is -2.41. The zero-order chi connectivity index (χ0) is 13.7. The summed E-state index contributed by atoms with van der Waals surface area (Å²) >= 11 is 1.55. The second-order valence-electron chi connectivity index (χ2n) is 3.95. The van der Waals surface area contributed by atoms with Crippen LogP contribution in [0.15, 0.2) is 0 Å². The largest absolute Gasteiger partial charge is 0.480 e. The van der Waals surface area contributed by atoms with Crippen molar-refractivity contribution in [3.05, 3.63) is 17.0 Å². The van der Waals surface area contributed by atoms with Gasteiger partial charge in [-0.05, 0) is 32.3 Å². The molecule has 18 heavy (non-hydrogen) atoms. The summed E-state index contributed by atoms with van der Waals surface area (Å²) in [7, 11) is 0. The molecule has 6 nitrogen and oxygen atoms in total. The Hall–Kier alpha value is -1.50. The molecular formula is C11H17N3O3S. The van der Waals surface area contributed by atoms with Crippen molar-refractivity contribution < 1.29 is 14.7 Å². The summed E-state index contributed by atoms with van der Waals surface area (Å²) in [4.78, 5) is 23.0. The van der Waals surface area contributed by atoms with Crippen LogP contribution in [0.5, 0.6) is 0 Å². The molecule has 3 N–H and O–H groups in total. The Kier molecular flexibility index (Phi) is 5.21. The summed E-state index contributed by atoms with van der Waals surface area (Å²) in [6.45, 7) is 3.43. The molecule has 0 aliphatic rings. The van der Waals surface area contributed by atoms with E-state index in [9.17, 15) is 9.59 Å². The second kappa shape index (κ2) is 6.44. The summed E-state index contributed by atoms with van der Waals surface area (Å²) in [6, 6.07) is -0.862. The van der Waals surface area contributed by atoms with Gasteiger partial charge in [0.25, 0.3) is 5.91 Å². The van der Waals surface area contributed by atoms with Gasteiger partial charge in [-0.1, -0.05) is 0 Å². The third kappa shape index (κ3) is 3.49. The Morgan fingerprint density at radius 2 is 2.17 bits per heavy atom. The molecule has 0 radical (unpaired) electrons. The number of carboxylic acid groups (broad SMARTS) is 1. The zero-order valence-corrected chi connectivity index (χ0v) is 11.4. The van der Waals surface area contributed by atoms with Crippen LogP contribution in [-0.4, -0.2) is 45.2 Å². The van der Waals surface area contributed by atoms with Gasteiger partial charge in [0.15, 0.2) is 0 Å². The predicted molar refractivity (Wildman–Crippen MR) is 70.0 cm³/mol. The highest BCUT2D eigenvalue weighted by Crippen LogP contribution is 2.10. The number of carbonyl (C=O) groups is 2. The van der Waals surface area contributed by atoms with Gasteiger partial charge < -0.3 is 10.4 Å². The number of carboxylic acids is 1. The number of nitrogens with zero attached hydrogens (tertiary/aromatic N) is 1. The first-order valence-corrected chi connectivity index (χ1v) is 6.91. The molecule has 1 amide bonds. The van der Waals surface area contributed by atoms with Gasteiger partial charge >= 0.3 is 5.97 Å². The first-order valence-electron chi connectivity index (χ1n) is 5.51. The number of hydrogen-bond acceptors (Lipinski definition) is 4. The van der Waals surface area contributed by atoms with Crippen molar-refractivity contribution in [2.45, 2.75) is 26.3 Å². The molecule has 1 heterocycles. The van der Waals surface area contributed by atoms with Crippen LogP contribution < -0.4 is 5.32 Å². The van der Waals surface area contributed by atoms with Crippen LogP contribution in [0.4, 0.5) is 0 Å². The topological polar surface area (TPSA) is 95.1 Å². The van der Waals surface area contributed by atoms with E-state index in [0.29, 0.717) is 29.1 Å². The van der Waals surface area contributed by atoms with E-state index < -0.39 is 17.9 Å². The fraction of sp³-hybridized carbons (Fsp3) is 0.545. The van der Waals surface area contributed by atoms with Crippen molar-refractivity contribution in [2.75, 3.05) is 12.0 Å². The van der Waals surface area contributed by atoms with Crippen LogP contribution in [-0.2, 0) is 4.79 Å². The molecule has 100 valence electrons. The Bertz CT molecular complexity index is 425. The van der Waals surface area contributed by atoms with E-state index in [1.165, 1.54) is 0 Å².